The van der Waals surface area contributed by atoms with Gasteiger partial charge in [-0.3, -0.25) is 4.72 Å². The van der Waals surface area contributed by atoms with Crippen LogP contribution >= 0.6 is 11.3 Å². The molecular weight excluding hydrogens is 306 g/mol. The topological polar surface area (TPSA) is 85.1 Å². The maximum absolute atomic E-state index is 12.5. The standard InChI is InChI=1S/C14H17N3O2S2/c1-8-5-11(15)13(6-9(8)2)21(18,19)17-14-16-12(7-20-14)10-3-4-10/h5-7,10H,3-4,15H2,1-2H3,(H,16,17). The van der Waals surface area contributed by atoms with Crippen LogP contribution in [0.5, 0.6) is 0 Å². The van der Waals surface area contributed by atoms with E-state index in [2.05, 4.69) is 9.71 Å². The van der Waals surface area contributed by atoms with Crippen molar-refractivity contribution >= 4 is 32.2 Å². The molecule has 1 saturated carbocycles. The lowest BCUT2D eigenvalue weighted by atomic mass is 10.1. The molecule has 0 unspecified atom stereocenters. The van der Waals surface area contributed by atoms with Crippen molar-refractivity contribution in [1.29, 1.82) is 0 Å². The zero-order valence-electron chi connectivity index (χ0n) is 11.9. The molecule has 0 spiro atoms. The minimum Gasteiger partial charge on any atom is -0.398 e. The largest absolute Gasteiger partial charge is 0.398 e. The Kier molecular flexibility index (Phi) is 3.41. The first kappa shape index (κ1) is 14.3. The molecule has 2 aromatic rings. The quantitative estimate of drug-likeness (QED) is 0.847. The summed E-state index contributed by atoms with van der Waals surface area (Å²) in [5.74, 6) is 0.506. The second kappa shape index (κ2) is 4.99. The molecular formula is C14H17N3O2S2. The van der Waals surface area contributed by atoms with Crippen LogP contribution in [0.1, 0.15) is 35.6 Å². The first-order chi connectivity index (χ1) is 9.87. The molecule has 0 amide bonds. The summed E-state index contributed by atoms with van der Waals surface area (Å²) >= 11 is 1.31. The van der Waals surface area contributed by atoms with Gasteiger partial charge in [0, 0.05) is 11.3 Å². The first-order valence-electron chi connectivity index (χ1n) is 6.72. The highest BCUT2D eigenvalue weighted by molar-refractivity contribution is 7.93. The van der Waals surface area contributed by atoms with Crippen molar-refractivity contribution in [3.8, 4) is 0 Å². The van der Waals surface area contributed by atoms with E-state index in [0.29, 0.717) is 11.0 Å². The smallest absolute Gasteiger partial charge is 0.265 e. The predicted octanol–water partition coefficient (Wildman–Crippen LogP) is 3.02. The van der Waals surface area contributed by atoms with Crippen LogP contribution < -0.4 is 10.5 Å². The summed E-state index contributed by atoms with van der Waals surface area (Å²) in [6.07, 6.45) is 2.28. The number of hydrogen-bond acceptors (Lipinski definition) is 5. The molecule has 0 saturated heterocycles. The van der Waals surface area contributed by atoms with Crippen molar-refractivity contribution in [2.45, 2.75) is 37.5 Å². The molecule has 1 aliphatic rings. The minimum absolute atomic E-state index is 0.105. The van der Waals surface area contributed by atoms with E-state index in [9.17, 15) is 8.42 Å². The zero-order chi connectivity index (χ0) is 15.2. The van der Waals surface area contributed by atoms with Gasteiger partial charge in [0.25, 0.3) is 10.0 Å². The fourth-order valence-electron chi connectivity index (χ4n) is 2.11. The van der Waals surface area contributed by atoms with Gasteiger partial charge in [0.15, 0.2) is 5.13 Å². The molecule has 5 nitrogen and oxygen atoms in total. The van der Waals surface area contributed by atoms with Crippen LogP contribution in [-0.4, -0.2) is 13.4 Å². The van der Waals surface area contributed by atoms with Gasteiger partial charge >= 0.3 is 0 Å². The Morgan fingerprint density at radius 1 is 1.29 bits per heavy atom. The van der Waals surface area contributed by atoms with Crippen LogP contribution in [0.4, 0.5) is 10.8 Å². The predicted molar refractivity (Wildman–Crippen MR) is 85.2 cm³/mol. The van der Waals surface area contributed by atoms with Gasteiger partial charge in [-0.25, -0.2) is 13.4 Å². The number of aryl methyl sites for hydroxylation is 2. The maximum atomic E-state index is 12.5. The number of benzene rings is 1. The second-order valence-electron chi connectivity index (χ2n) is 5.43. The fourth-order valence-corrected chi connectivity index (χ4v) is 4.36. The Balaban J connectivity index is 1.90. The van der Waals surface area contributed by atoms with E-state index in [1.807, 2.05) is 19.2 Å². The number of thiazole rings is 1. The average molecular weight is 323 g/mol. The lowest BCUT2D eigenvalue weighted by molar-refractivity contribution is 0.601. The average Bonchev–Trinajstić information content (AvgIpc) is 3.15. The van der Waals surface area contributed by atoms with Gasteiger partial charge in [-0.1, -0.05) is 0 Å². The Morgan fingerprint density at radius 2 is 1.95 bits per heavy atom. The van der Waals surface area contributed by atoms with Crippen molar-refractivity contribution in [2.24, 2.45) is 0 Å². The van der Waals surface area contributed by atoms with E-state index in [1.54, 1.807) is 12.1 Å². The van der Waals surface area contributed by atoms with Crippen molar-refractivity contribution < 1.29 is 8.42 Å². The monoisotopic (exact) mass is 323 g/mol. The number of rotatable bonds is 4. The lowest BCUT2D eigenvalue weighted by Crippen LogP contribution is -2.15. The Bertz CT molecular complexity index is 793. The van der Waals surface area contributed by atoms with Gasteiger partial charge < -0.3 is 5.73 Å². The van der Waals surface area contributed by atoms with Gasteiger partial charge in [-0.2, -0.15) is 0 Å². The van der Waals surface area contributed by atoms with Gasteiger partial charge in [0.2, 0.25) is 0 Å². The van der Waals surface area contributed by atoms with Crippen LogP contribution in [-0.2, 0) is 10.0 Å². The van der Waals surface area contributed by atoms with E-state index in [1.165, 1.54) is 11.3 Å². The van der Waals surface area contributed by atoms with Crippen LogP contribution in [0.3, 0.4) is 0 Å². The number of nitrogens with zero attached hydrogens (tertiary/aromatic N) is 1. The molecule has 0 bridgehead atoms. The minimum atomic E-state index is -3.70. The third-order valence-electron chi connectivity index (χ3n) is 3.65. The van der Waals surface area contributed by atoms with E-state index in [-0.39, 0.29) is 10.6 Å². The number of nitrogen functional groups attached to an aromatic ring is 1. The molecule has 112 valence electrons. The summed E-state index contributed by atoms with van der Waals surface area (Å²) in [5, 5.41) is 2.31. The van der Waals surface area contributed by atoms with Crippen LogP contribution in [0.2, 0.25) is 0 Å². The molecule has 21 heavy (non-hydrogen) atoms. The van der Waals surface area contributed by atoms with Crippen molar-refractivity contribution in [1.82, 2.24) is 4.98 Å². The van der Waals surface area contributed by atoms with E-state index in [4.69, 9.17) is 5.73 Å². The summed E-state index contributed by atoms with van der Waals surface area (Å²) in [6.45, 7) is 3.76. The summed E-state index contributed by atoms with van der Waals surface area (Å²) in [4.78, 5) is 4.45. The third kappa shape index (κ3) is 2.89. The molecule has 1 aromatic carbocycles. The van der Waals surface area contributed by atoms with E-state index < -0.39 is 10.0 Å². The number of anilines is 2. The van der Waals surface area contributed by atoms with Crippen LogP contribution in [0.15, 0.2) is 22.4 Å². The van der Waals surface area contributed by atoms with Crippen LogP contribution in [0, 0.1) is 13.8 Å². The fraction of sp³-hybridized carbons (Fsp3) is 0.357. The van der Waals surface area contributed by atoms with Crippen molar-refractivity contribution in [3.63, 3.8) is 0 Å². The first-order valence-corrected chi connectivity index (χ1v) is 9.08. The molecule has 1 aromatic heterocycles. The number of sulfonamides is 1. The molecule has 3 N–H and O–H groups in total. The molecule has 1 aliphatic carbocycles. The van der Waals surface area contributed by atoms with Gasteiger partial charge in [0.1, 0.15) is 4.90 Å². The molecule has 7 heteroatoms. The number of nitrogens with one attached hydrogen (secondary N) is 1. The lowest BCUT2D eigenvalue weighted by Gasteiger charge is -2.10. The molecule has 3 rings (SSSR count). The molecule has 1 heterocycles. The highest BCUT2D eigenvalue weighted by Crippen LogP contribution is 2.41. The van der Waals surface area contributed by atoms with E-state index in [0.717, 1.165) is 29.7 Å². The van der Waals surface area contributed by atoms with E-state index >= 15 is 0 Å². The van der Waals surface area contributed by atoms with Crippen LogP contribution in [0.25, 0.3) is 0 Å². The number of nitrogens with two attached hydrogens (primary N) is 1. The van der Waals surface area contributed by atoms with Gasteiger partial charge in [-0.15, -0.1) is 11.3 Å². The summed E-state index contributed by atoms with van der Waals surface area (Å²) in [5.41, 5.74) is 8.95. The normalized spacial score (nSPS) is 15.1. The van der Waals surface area contributed by atoms with Crippen molar-refractivity contribution in [2.75, 3.05) is 10.5 Å². The molecule has 1 fully saturated rings. The Hall–Kier alpha value is -1.60. The van der Waals surface area contributed by atoms with Gasteiger partial charge in [0.05, 0.1) is 11.4 Å². The highest BCUT2D eigenvalue weighted by Gasteiger charge is 2.27. The third-order valence-corrected chi connectivity index (χ3v) is 5.95. The maximum Gasteiger partial charge on any atom is 0.265 e. The summed E-state index contributed by atoms with van der Waals surface area (Å²) < 4.78 is 27.4. The summed E-state index contributed by atoms with van der Waals surface area (Å²) in [7, 11) is -3.70. The Labute approximate surface area is 128 Å². The van der Waals surface area contributed by atoms with Gasteiger partial charge in [-0.05, 0) is 49.9 Å². The molecule has 0 aliphatic heterocycles. The Morgan fingerprint density at radius 3 is 2.62 bits per heavy atom. The SMILES string of the molecule is Cc1cc(N)c(S(=O)(=O)Nc2nc(C3CC3)cs2)cc1C. The molecule has 0 atom stereocenters. The second-order valence-corrected chi connectivity index (χ2v) is 7.94. The number of hydrogen-bond donors (Lipinski definition) is 2. The zero-order valence-corrected chi connectivity index (χ0v) is 13.5. The molecule has 0 radical (unpaired) electrons. The van der Waals surface area contributed by atoms with Crippen molar-refractivity contribution in [3.05, 3.63) is 34.3 Å². The number of aromatic nitrogens is 1. The highest BCUT2D eigenvalue weighted by atomic mass is 32.2. The summed E-state index contributed by atoms with van der Waals surface area (Å²) in [6, 6.07) is 3.28.